The first-order valence-electron chi connectivity index (χ1n) is 6.93. The Morgan fingerprint density at radius 1 is 1.19 bits per heavy atom. The lowest BCUT2D eigenvalue weighted by Crippen LogP contribution is -2.18. The van der Waals surface area contributed by atoms with Gasteiger partial charge in [0.2, 0.25) is 0 Å². The second-order valence-corrected chi connectivity index (χ2v) is 5.65. The lowest BCUT2D eigenvalue weighted by Gasteiger charge is -2.22. The number of methoxy groups -OCH3 is 1. The van der Waals surface area contributed by atoms with Crippen molar-refractivity contribution in [3.05, 3.63) is 58.3 Å². The average molecular weight is 345 g/mol. The summed E-state index contributed by atoms with van der Waals surface area (Å²) < 4.78 is 8.41. The van der Waals surface area contributed by atoms with Crippen molar-refractivity contribution in [2.24, 2.45) is 0 Å². The molecule has 0 radical (unpaired) electrons. The van der Waals surface area contributed by atoms with Crippen LogP contribution in [0.5, 0.6) is 5.75 Å². The Morgan fingerprint density at radius 3 is 2.62 bits per heavy atom. The van der Waals surface area contributed by atoms with Crippen molar-refractivity contribution in [2.45, 2.75) is 13.3 Å². The van der Waals surface area contributed by atoms with E-state index in [0.29, 0.717) is 0 Å². The first kappa shape index (κ1) is 14.0. The lowest BCUT2D eigenvalue weighted by molar-refractivity contribution is 0.415. The molecule has 3 rings (SSSR count). The van der Waals surface area contributed by atoms with Gasteiger partial charge in [0.15, 0.2) is 0 Å². The highest BCUT2D eigenvalue weighted by Crippen LogP contribution is 2.30. The van der Waals surface area contributed by atoms with Crippen LogP contribution in [-0.2, 0) is 0 Å². The quantitative estimate of drug-likeness (QED) is 0.882. The van der Waals surface area contributed by atoms with E-state index >= 15 is 0 Å². The van der Waals surface area contributed by atoms with Crippen LogP contribution in [-0.4, -0.2) is 11.7 Å². The Labute approximate surface area is 133 Å². The van der Waals surface area contributed by atoms with Crippen LogP contribution in [0.2, 0.25) is 0 Å². The molecule has 0 unspecified atom stereocenters. The van der Waals surface area contributed by atoms with Gasteiger partial charge in [-0.1, -0.05) is 13.0 Å². The standard InChI is InChI=1S/C17H17BrN2O/c1-3-4-14-16-9-10-17(18)20(16)11-15(19-14)12-5-7-13(21-2)8-6-12/h4-11,19H,3H2,1-2H3/b14-4+. The van der Waals surface area contributed by atoms with Crippen molar-refractivity contribution in [3.63, 3.8) is 0 Å². The molecule has 2 aromatic rings. The fourth-order valence-corrected chi connectivity index (χ4v) is 2.85. The van der Waals surface area contributed by atoms with Crippen LogP contribution in [0.4, 0.5) is 0 Å². The Morgan fingerprint density at radius 2 is 1.95 bits per heavy atom. The molecule has 0 saturated carbocycles. The van der Waals surface area contributed by atoms with Gasteiger partial charge in [0.1, 0.15) is 5.75 Å². The molecule has 0 spiro atoms. The summed E-state index contributed by atoms with van der Waals surface area (Å²) in [6.07, 6.45) is 5.30. The number of nitrogens with zero attached hydrogens (tertiary/aromatic N) is 1. The van der Waals surface area contributed by atoms with Crippen LogP contribution in [0.25, 0.3) is 17.6 Å². The minimum Gasteiger partial charge on any atom is -0.497 e. The zero-order valence-electron chi connectivity index (χ0n) is 12.1. The second kappa shape index (κ2) is 5.82. The molecule has 108 valence electrons. The lowest BCUT2D eigenvalue weighted by atomic mass is 10.1. The number of nitrogens with one attached hydrogen (secondary N) is 1. The Kier molecular flexibility index (Phi) is 3.88. The number of rotatable bonds is 3. The molecule has 0 atom stereocenters. The first-order chi connectivity index (χ1) is 10.2. The number of fused-ring (bicyclic) bond motifs is 1. The third-order valence-electron chi connectivity index (χ3n) is 3.48. The van der Waals surface area contributed by atoms with Gasteiger partial charge in [-0.15, -0.1) is 0 Å². The largest absolute Gasteiger partial charge is 0.497 e. The molecule has 1 aliphatic rings. The van der Waals surface area contributed by atoms with Gasteiger partial charge in [-0.05, 0) is 64.3 Å². The van der Waals surface area contributed by atoms with Gasteiger partial charge in [-0.2, -0.15) is 0 Å². The van der Waals surface area contributed by atoms with Crippen LogP contribution < -0.4 is 10.1 Å². The summed E-state index contributed by atoms with van der Waals surface area (Å²) in [7, 11) is 1.68. The van der Waals surface area contributed by atoms with E-state index in [4.69, 9.17) is 4.74 Å². The Bertz CT molecular complexity index is 711. The highest BCUT2D eigenvalue weighted by atomic mass is 79.9. The van der Waals surface area contributed by atoms with Crippen molar-refractivity contribution in [1.82, 2.24) is 9.88 Å². The highest BCUT2D eigenvalue weighted by molar-refractivity contribution is 9.10. The third-order valence-corrected chi connectivity index (χ3v) is 4.13. The summed E-state index contributed by atoms with van der Waals surface area (Å²) in [5.41, 5.74) is 4.50. The van der Waals surface area contributed by atoms with Gasteiger partial charge in [0.05, 0.1) is 28.8 Å². The van der Waals surface area contributed by atoms with E-state index in [-0.39, 0.29) is 0 Å². The summed E-state index contributed by atoms with van der Waals surface area (Å²) in [6, 6.07) is 12.2. The number of hydrogen-bond acceptors (Lipinski definition) is 2. The zero-order chi connectivity index (χ0) is 14.8. The Hall–Kier alpha value is -1.94. The molecule has 2 heterocycles. The van der Waals surface area contributed by atoms with E-state index < -0.39 is 0 Å². The topological polar surface area (TPSA) is 26.2 Å². The molecule has 1 aromatic heterocycles. The number of ether oxygens (including phenoxy) is 1. The van der Waals surface area contributed by atoms with E-state index in [2.05, 4.69) is 69.3 Å². The smallest absolute Gasteiger partial charge is 0.118 e. The van der Waals surface area contributed by atoms with Gasteiger partial charge < -0.3 is 14.6 Å². The number of hydrogen-bond donors (Lipinski definition) is 1. The van der Waals surface area contributed by atoms with E-state index in [0.717, 1.165) is 33.7 Å². The van der Waals surface area contributed by atoms with Crippen molar-refractivity contribution < 1.29 is 4.74 Å². The molecule has 1 aromatic carbocycles. The van der Waals surface area contributed by atoms with Crippen LogP contribution in [0.15, 0.2) is 47.1 Å². The fourth-order valence-electron chi connectivity index (χ4n) is 2.42. The van der Waals surface area contributed by atoms with E-state index in [1.54, 1.807) is 7.11 Å². The van der Waals surface area contributed by atoms with Crippen molar-refractivity contribution >= 4 is 33.5 Å². The van der Waals surface area contributed by atoms with Crippen molar-refractivity contribution in [1.29, 1.82) is 0 Å². The van der Waals surface area contributed by atoms with Gasteiger partial charge in [-0.3, -0.25) is 0 Å². The fraction of sp³-hybridized carbons (Fsp3) is 0.176. The molecule has 1 aliphatic heterocycles. The molecular weight excluding hydrogens is 328 g/mol. The first-order valence-corrected chi connectivity index (χ1v) is 7.72. The monoisotopic (exact) mass is 344 g/mol. The van der Waals surface area contributed by atoms with Crippen molar-refractivity contribution in [2.75, 3.05) is 7.11 Å². The van der Waals surface area contributed by atoms with Crippen LogP contribution in [0.3, 0.4) is 0 Å². The maximum Gasteiger partial charge on any atom is 0.118 e. The molecule has 3 nitrogen and oxygen atoms in total. The molecule has 0 aliphatic carbocycles. The Balaban J connectivity index is 2.05. The summed E-state index contributed by atoms with van der Waals surface area (Å²) in [6.45, 7) is 2.14. The molecule has 1 N–H and O–H groups in total. The van der Waals surface area contributed by atoms with Crippen LogP contribution in [0.1, 0.15) is 24.6 Å². The predicted octanol–water partition coefficient (Wildman–Crippen LogP) is 4.57. The van der Waals surface area contributed by atoms with Gasteiger partial charge in [0.25, 0.3) is 0 Å². The van der Waals surface area contributed by atoms with Crippen LogP contribution in [0, 0.1) is 0 Å². The van der Waals surface area contributed by atoms with Gasteiger partial charge in [0, 0.05) is 6.20 Å². The van der Waals surface area contributed by atoms with E-state index in [1.807, 2.05) is 12.1 Å². The maximum atomic E-state index is 5.22. The zero-order valence-corrected chi connectivity index (χ0v) is 13.6. The molecule has 0 fully saturated rings. The number of benzene rings is 1. The van der Waals surface area contributed by atoms with Gasteiger partial charge in [-0.25, -0.2) is 0 Å². The minimum absolute atomic E-state index is 0.863. The predicted molar refractivity (Wildman–Crippen MR) is 90.7 cm³/mol. The molecule has 0 bridgehead atoms. The number of halogens is 1. The molecule has 0 amide bonds. The normalized spacial score (nSPS) is 15.4. The second-order valence-electron chi connectivity index (χ2n) is 4.83. The van der Waals surface area contributed by atoms with Crippen molar-refractivity contribution in [3.8, 4) is 5.75 Å². The number of allylic oxidation sites excluding steroid dienone is 1. The molecule has 0 saturated heterocycles. The van der Waals surface area contributed by atoms with Crippen LogP contribution >= 0.6 is 15.9 Å². The SMILES string of the molecule is CC/C=C1/NC(c2ccc(OC)cc2)=Cn2c(Br)ccc21. The third kappa shape index (κ3) is 2.63. The van der Waals surface area contributed by atoms with E-state index in [9.17, 15) is 0 Å². The summed E-state index contributed by atoms with van der Waals surface area (Å²) >= 11 is 3.60. The molecular formula is C17H17BrN2O. The summed E-state index contributed by atoms with van der Waals surface area (Å²) in [4.78, 5) is 0. The van der Waals surface area contributed by atoms with Gasteiger partial charge >= 0.3 is 0 Å². The summed E-state index contributed by atoms with van der Waals surface area (Å²) in [5, 5.41) is 3.52. The minimum atomic E-state index is 0.863. The molecule has 4 heteroatoms. The maximum absolute atomic E-state index is 5.22. The number of aromatic nitrogens is 1. The summed E-state index contributed by atoms with van der Waals surface area (Å²) in [5.74, 6) is 0.863. The average Bonchev–Trinajstić information content (AvgIpc) is 2.89. The van der Waals surface area contributed by atoms with E-state index in [1.165, 1.54) is 5.69 Å². The highest BCUT2D eigenvalue weighted by Gasteiger charge is 2.17. The molecule has 21 heavy (non-hydrogen) atoms.